The summed E-state index contributed by atoms with van der Waals surface area (Å²) in [5, 5.41) is 2.71. The third-order valence-corrected chi connectivity index (χ3v) is 7.97. The summed E-state index contributed by atoms with van der Waals surface area (Å²) in [7, 11) is 0. The van der Waals surface area contributed by atoms with E-state index in [4.69, 9.17) is 4.74 Å². The maximum absolute atomic E-state index is 6.77. The van der Waals surface area contributed by atoms with Gasteiger partial charge in [0.1, 0.15) is 0 Å². The van der Waals surface area contributed by atoms with Gasteiger partial charge >= 0.3 is 0 Å². The lowest BCUT2D eigenvalue weighted by molar-refractivity contribution is -0.193. The van der Waals surface area contributed by atoms with Crippen LogP contribution in [0, 0.1) is 19.8 Å². The molecular weight excluding hydrogens is 380 g/mol. The normalized spacial score (nSPS) is 26.3. The van der Waals surface area contributed by atoms with Gasteiger partial charge in [-0.05, 0) is 71.2 Å². The lowest BCUT2D eigenvalue weighted by Gasteiger charge is -2.50. The average molecular weight is 413 g/mol. The minimum absolute atomic E-state index is 0.136. The van der Waals surface area contributed by atoms with Crippen molar-refractivity contribution >= 4 is 21.8 Å². The van der Waals surface area contributed by atoms with Crippen LogP contribution >= 0.6 is 0 Å². The predicted octanol–water partition coefficient (Wildman–Crippen LogP) is 7.02. The Morgan fingerprint density at radius 3 is 2.32 bits per heavy atom. The van der Waals surface area contributed by atoms with E-state index >= 15 is 0 Å². The summed E-state index contributed by atoms with van der Waals surface area (Å²) in [4.78, 5) is 3.84. The van der Waals surface area contributed by atoms with Gasteiger partial charge in [0, 0.05) is 45.0 Å². The molecule has 3 nitrogen and oxygen atoms in total. The second-order valence-corrected chi connectivity index (χ2v) is 10.9. The van der Waals surface area contributed by atoms with Crippen LogP contribution in [-0.4, -0.2) is 20.8 Å². The van der Waals surface area contributed by atoms with Crippen LogP contribution in [0.25, 0.3) is 21.8 Å². The van der Waals surface area contributed by atoms with Gasteiger partial charge in [-0.1, -0.05) is 36.4 Å². The van der Waals surface area contributed by atoms with Crippen molar-refractivity contribution < 1.29 is 4.74 Å². The molecule has 0 saturated carbocycles. The fraction of sp³-hybridized carbons (Fsp3) is 0.429. The van der Waals surface area contributed by atoms with Crippen molar-refractivity contribution in [3.63, 3.8) is 0 Å². The Balaban J connectivity index is 1.69. The van der Waals surface area contributed by atoms with Crippen LogP contribution in [0.1, 0.15) is 68.6 Å². The Hall–Kier alpha value is -2.52. The highest BCUT2D eigenvalue weighted by Crippen LogP contribution is 2.60. The number of aryl methyl sites for hydroxylation is 2. The Morgan fingerprint density at radius 1 is 0.903 bits per heavy atom. The molecule has 4 aromatic rings. The second kappa shape index (κ2) is 6.04. The van der Waals surface area contributed by atoms with Crippen LogP contribution in [-0.2, 0) is 4.74 Å². The molecule has 1 fully saturated rings. The number of para-hydroxylation sites is 2. The Kier molecular flexibility index (Phi) is 3.74. The Bertz CT molecular complexity index is 1340. The summed E-state index contributed by atoms with van der Waals surface area (Å²) in [5.74, 6) is 0.854. The predicted molar refractivity (Wildman–Crippen MR) is 128 cm³/mol. The number of nitrogens with zero attached hydrogens (tertiary/aromatic N) is 1. The molecule has 1 N–H and O–H groups in total. The molecule has 6 rings (SSSR count). The van der Waals surface area contributed by atoms with Crippen molar-refractivity contribution in [2.45, 2.75) is 71.1 Å². The van der Waals surface area contributed by atoms with Gasteiger partial charge in [-0.2, -0.15) is 0 Å². The number of aromatic amines is 1. The molecule has 2 aliphatic rings. The molecule has 3 atom stereocenters. The summed E-state index contributed by atoms with van der Waals surface area (Å²) in [5.41, 5.74) is 7.87. The minimum Gasteiger partial charge on any atom is -0.369 e. The summed E-state index contributed by atoms with van der Waals surface area (Å²) < 4.78 is 9.42. The summed E-state index contributed by atoms with van der Waals surface area (Å²) in [6.07, 6.45) is 1.05. The molecule has 2 aromatic heterocycles. The first kappa shape index (κ1) is 19.2. The number of H-pyrrole nitrogens is 1. The molecule has 0 bridgehead atoms. The topological polar surface area (TPSA) is 29.9 Å². The summed E-state index contributed by atoms with van der Waals surface area (Å²) in [6.45, 7) is 13.7. The van der Waals surface area contributed by atoms with Crippen molar-refractivity contribution in [3.8, 4) is 0 Å². The molecule has 3 heteroatoms. The molecule has 0 amide bonds. The van der Waals surface area contributed by atoms with E-state index in [0.717, 1.165) is 6.42 Å². The maximum atomic E-state index is 6.77. The third kappa shape index (κ3) is 2.50. The van der Waals surface area contributed by atoms with Crippen molar-refractivity contribution in [1.29, 1.82) is 0 Å². The van der Waals surface area contributed by atoms with Gasteiger partial charge in [-0.15, -0.1) is 0 Å². The van der Waals surface area contributed by atoms with E-state index < -0.39 is 0 Å². The van der Waals surface area contributed by atoms with E-state index in [-0.39, 0.29) is 17.2 Å². The summed E-state index contributed by atoms with van der Waals surface area (Å²) in [6, 6.07) is 17.9. The SMILES string of the molecule is Cc1c([C@H]2[C@H]3[C@@H](CC(C)(C)OC3(C)C)c3c(C)c4ccccc4n32)[nH]c2ccccc12. The largest absolute Gasteiger partial charge is 0.369 e. The van der Waals surface area contributed by atoms with Crippen LogP contribution in [0.15, 0.2) is 48.5 Å². The lowest BCUT2D eigenvalue weighted by Crippen LogP contribution is -2.51. The number of ether oxygens (including phenoxy) is 1. The highest BCUT2D eigenvalue weighted by Gasteiger charge is 2.57. The minimum atomic E-state index is -0.229. The highest BCUT2D eigenvalue weighted by molar-refractivity contribution is 5.88. The lowest BCUT2D eigenvalue weighted by atomic mass is 9.68. The second-order valence-electron chi connectivity index (χ2n) is 10.9. The molecule has 2 aliphatic heterocycles. The van der Waals surface area contributed by atoms with Crippen molar-refractivity contribution in [2.75, 3.05) is 0 Å². The number of fused-ring (bicyclic) bond motifs is 6. The number of benzene rings is 2. The molecule has 160 valence electrons. The van der Waals surface area contributed by atoms with Crippen LogP contribution in [0.5, 0.6) is 0 Å². The number of hydrogen-bond donors (Lipinski definition) is 1. The van der Waals surface area contributed by atoms with E-state index in [9.17, 15) is 0 Å². The first-order valence-corrected chi connectivity index (χ1v) is 11.6. The Labute approximate surface area is 184 Å². The van der Waals surface area contributed by atoms with Gasteiger partial charge in [0.15, 0.2) is 0 Å². The van der Waals surface area contributed by atoms with Gasteiger partial charge in [0.05, 0.1) is 17.2 Å². The molecular formula is C28H32N2O. The van der Waals surface area contributed by atoms with Gasteiger partial charge in [0.2, 0.25) is 0 Å². The van der Waals surface area contributed by atoms with E-state index in [1.165, 1.54) is 44.3 Å². The molecule has 2 aromatic carbocycles. The van der Waals surface area contributed by atoms with Gasteiger partial charge in [0.25, 0.3) is 0 Å². The van der Waals surface area contributed by atoms with E-state index in [1.807, 2.05) is 0 Å². The molecule has 0 aliphatic carbocycles. The summed E-state index contributed by atoms with van der Waals surface area (Å²) >= 11 is 0. The van der Waals surface area contributed by atoms with E-state index in [1.54, 1.807) is 0 Å². The van der Waals surface area contributed by atoms with Crippen molar-refractivity contribution in [3.05, 3.63) is 71.0 Å². The maximum Gasteiger partial charge on any atom is 0.0802 e. The average Bonchev–Trinajstić information content (AvgIpc) is 3.31. The smallest absolute Gasteiger partial charge is 0.0802 e. The third-order valence-electron chi connectivity index (χ3n) is 7.97. The van der Waals surface area contributed by atoms with Crippen LogP contribution in [0.4, 0.5) is 0 Å². The van der Waals surface area contributed by atoms with Crippen molar-refractivity contribution in [1.82, 2.24) is 9.55 Å². The van der Waals surface area contributed by atoms with Gasteiger partial charge in [-0.3, -0.25) is 0 Å². The quantitative estimate of drug-likeness (QED) is 0.358. The molecule has 0 radical (unpaired) electrons. The van der Waals surface area contributed by atoms with Gasteiger partial charge < -0.3 is 14.3 Å². The zero-order valence-corrected chi connectivity index (χ0v) is 19.4. The Morgan fingerprint density at radius 2 is 1.58 bits per heavy atom. The van der Waals surface area contributed by atoms with Crippen LogP contribution in [0.2, 0.25) is 0 Å². The fourth-order valence-electron chi connectivity index (χ4n) is 7.10. The van der Waals surface area contributed by atoms with Crippen molar-refractivity contribution in [2.24, 2.45) is 5.92 Å². The standard InChI is InChI=1S/C28H32N2O/c1-16-18-11-7-9-13-21(18)29-24(16)26-23-20(15-27(3,4)31-28(23,5)6)25-17(2)19-12-8-10-14-22(19)30(25)26/h7-14,20,23,26,29H,15H2,1-6H3/t20-,23-,26-/m1/s1. The highest BCUT2D eigenvalue weighted by atomic mass is 16.5. The van der Waals surface area contributed by atoms with Gasteiger partial charge in [-0.25, -0.2) is 0 Å². The fourth-order valence-corrected chi connectivity index (χ4v) is 7.10. The van der Waals surface area contributed by atoms with E-state index in [0.29, 0.717) is 11.8 Å². The molecule has 1 saturated heterocycles. The molecule has 4 heterocycles. The van der Waals surface area contributed by atoms with Crippen LogP contribution in [0.3, 0.4) is 0 Å². The van der Waals surface area contributed by atoms with E-state index in [2.05, 4.69) is 99.6 Å². The first-order chi connectivity index (χ1) is 14.7. The first-order valence-electron chi connectivity index (χ1n) is 11.6. The monoisotopic (exact) mass is 412 g/mol. The van der Waals surface area contributed by atoms with Crippen LogP contribution < -0.4 is 0 Å². The number of hydrogen-bond acceptors (Lipinski definition) is 1. The number of nitrogens with one attached hydrogen (secondary N) is 1. The number of aromatic nitrogens is 2. The molecule has 0 spiro atoms. The molecule has 31 heavy (non-hydrogen) atoms. The zero-order valence-electron chi connectivity index (χ0n) is 19.4. The molecule has 0 unspecified atom stereocenters. The number of rotatable bonds is 1. The zero-order chi connectivity index (χ0) is 21.7.